The Morgan fingerprint density at radius 3 is 2.95 bits per heavy atom. The van der Waals surface area contributed by atoms with Gasteiger partial charge in [0, 0.05) is 11.8 Å². The molecule has 106 valence electrons. The van der Waals surface area contributed by atoms with Crippen LogP contribution in [0.15, 0.2) is 36.5 Å². The monoisotopic (exact) mass is 302 g/mol. The minimum absolute atomic E-state index is 0.134. The molecule has 6 heteroatoms. The maximum absolute atomic E-state index is 9.69. The molecule has 3 heterocycles. The topological polar surface area (TPSA) is 56.0 Å². The number of hydrogen-bond donors (Lipinski definition) is 1. The van der Waals surface area contributed by atoms with Gasteiger partial charge in [-0.15, -0.1) is 0 Å². The van der Waals surface area contributed by atoms with E-state index in [1.807, 2.05) is 30.5 Å². The van der Waals surface area contributed by atoms with Crippen molar-refractivity contribution in [3.63, 3.8) is 0 Å². The molecule has 0 fully saturated rings. The van der Waals surface area contributed by atoms with Gasteiger partial charge in [-0.3, -0.25) is 4.40 Å². The Hall–Kier alpha value is -2.24. The first-order valence-electron chi connectivity index (χ1n) is 6.44. The maximum Gasteiger partial charge on any atom is 0.231 e. The summed E-state index contributed by atoms with van der Waals surface area (Å²) < 4.78 is 12.5. The SMILES string of the molecule is OCc1c(-c2ccc3c(c2)OCO3)nc2c(Cl)cccn12. The number of aliphatic hydroxyl groups excluding tert-OH is 1. The first-order valence-corrected chi connectivity index (χ1v) is 6.82. The lowest BCUT2D eigenvalue weighted by atomic mass is 10.1. The van der Waals surface area contributed by atoms with Gasteiger partial charge in [0.2, 0.25) is 6.79 Å². The predicted octanol–water partition coefficient (Wildman–Crippen LogP) is 2.88. The number of hydrogen-bond acceptors (Lipinski definition) is 4. The van der Waals surface area contributed by atoms with Gasteiger partial charge in [-0.2, -0.15) is 0 Å². The van der Waals surface area contributed by atoms with Crippen molar-refractivity contribution in [2.24, 2.45) is 0 Å². The van der Waals surface area contributed by atoms with Crippen LogP contribution in [-0.2, 0) is 6.61 Å². The lowest BCUT2D eigenvalue weighted by Gasteiger charge is -2.03. The molecular formula is C15H11ClN2O3. The molecule has 5 nitrogen and oxygen atoms in total. The Balaban J connectivity index is 1.96. The third kappa shape index (κ3) is 1.86. The number of aromatic nitrogens is 2. The number of pyridine rings is 1. The van der Waals surface area contributed by atoms with Gasteiger partial charge in [0.15, 0.2) is 17.1 Å². The second-order valence-corrected chi connectivity index (χ2v) is 5.09. The summed E-state index contributed by atoms with van der Waals surface area (Å²) in [6.45, 7) is 0.0912. The van der Waals surface area contributed by atoms with Crippen LogP contribution in [0.1, 0.15) is 5.69 Å². The van der Waals surface area contributed by atoms with Crippen LogP contribution in [0.3, 0.4) is 0 Å². The van der Waals surface area contributed by atoms with Gasteiger partial charge >= 0.3 is 0 Å². The van der Waals surface area contributed by atoms with Crippen molar-refractivity contribution in [2.75, 3.05) is 6.79 Å². The van der Waals surface area contributed by atoms with E-state index in [1.54, 1.807) is 10.5 Å². The summed E-state index contributed by atoms with van der Waals surface area (Å²) in [4.78, 5) is 4.55. The third-order valence-electron chi connectivity index (χ3n) is 3.50. The molecule has 0 atom stereocenters. The molecule has 0 saturated carbocycles. The summed E-state index contributed by atoms with van der Waals surface area (Å²) in [5.74, 6) is 1.39. The van der Waals surface area contributed by atoms with Gasteiger partial charge in [-0.25, -0.2) is 4.98 Å². The van der Waals surface area contributed by atoms with Crippen molar-refractivity contribution in [1.29, 1.82) is 0 Å². The molecule has 0 bridgehead atoms. The van der Waals surface area contributed by atoms with Crippen LogP contribution in [0.2, 0.25) is 5.02 Å². The number of aliphatic hydroxyl groups is 1. The molecular weight excluding hydrogens is 292 g/mol. The fourth-order valence-corrected chi connectivity index (χ4v) is 2.72. The first-order chi connectivity index (χ1) is 10.3. The molecule has 0 spiro atoms. The van der Waals surface area contributed by atoms with E-state index in [9.17, 15) is 5.11 Å². The van der Waals surface area contributed by atoms with E-state index in [0.29, 0.717) is 33.6 Å². The summed E-state index contributed by atoms with van der Waals surface area (Å²) in [6.07, 6.45) is 1.83. The van der Waals surface area contributed by atoms with Crippen LogP contribution in [0.25, 0.3) is 16.9 Å². The molecule has 0 radical (unpaired) electrons. The zero-order chi connectivity index (χ0) is 14.4. The molecule has 21 heavy (non-hydrogen) atoms. The van der Waals surface area contributed by atoms with E-state index in [-0.39, 0.29) is 13.4 Å². The van der Waals surface area contributed by atoms with Crippen molar-refractivity contribution in [3.8, 4) is 22.8 Å². The Morgan fingerprint density at radius 1 is 1.24 bits per heavy atom. The summed E-state index contributed by atoms with van der Waals surface area (Å²) in [6, 6.07) is 9.18. The Labute approximate surface area is 125 Å². The van der Waals surface area contributed by atoms with Crippen molar-refractivity contribution in [1.82, 2.24) is 9.38 Å². The average Bonchev–Trinajstić information content (AvgIpc) is 3.10. The summed E-state index contributed by atoms with van der Waals surface area (Å²) in [7, 11) is 0. The smallest absolute Gasteiger partial charge is 0.231 e. The minimum Gasteiger partial charge on any atom is -0.454 e. The number of nitrogens with zero attached hydrogens (tertiary/aromatic N) is 2. The molecule has 0 amide bonds. The van der Waals surface area contributed by atoms with Crippen molar-refractivity contribution >= 4 is 17.2 Å². The fraction of sp³-hybridized carbons (Fsp3) is 0.133. The summed E-state index contributed by atoms with van der Waals surface area (Å²) in [5, 5.41) is 10.2. The number of benzene rings is 1. The predicted molar refractivity (Wildman–Crippen MR) is 77.7 cm³/mol. The van der Waals surface area contributed by atoms with E-state index < -0.39 is 0 Å². The Morgan fingerprint density at radius 2 is 2.10 bits per heavy atom. The highest BCUT2D eigenvalue weighted by molar-refractivity contribution is 6.33. The standard InChI is InChI=1S/C15H11ClN2O3/c16-10-2-1-5-18-11(7-19)14(17-15(10)18)9-3-4-12-13(6-9)21-8-20-12/h1-6,19H,7-8H2. The minimum atomic E-state index is -0.134. The highest BCUT2D eigenvalue weighted by Crippen LogP contribution is 2.37. The first kappa shape index (κ1) is 12.5. The van der Waals surface area contributed by atoms with Gasteiger partial charge in [-0.1, -0.05) is 11.6 Å². The van der Waals surface area contributed by atoms with Gasteiger partial charge in [-0.05, 0) is 30.3 Å². The Kier molecular flexibility index (Phi) is 2.77. The molecule has 1 aliphatic heterocycles. The second-order valence-electron chi connectivity index (χ2n) is 4.68. The average molecular weight is 303 g/mol. The third-order valence-corrected chi connectivity index (χ3v) is 3.79. The molecule has 4 rings (SSSR count). The van der Waals surface area contributed by atoms with Crippen molar-refractivity contribution in [3.05, 3.63) is 47.2 Å². The lowest BCUT2D eigenvalue weighted by Crippen LogP contribution is -1.94. The largest absolute Gasteiger partial charge is 0.454 e. The maximum atomic E-state index is 9.69. The number of ether oxygens (including phenoxy) is 2. The molecule has 0 aliphatic carbocycles. The quantitative estimate of drug-likeness (QED) is 0.791. The van der Waals surface area contributed by atoms with Crippen LogP contribution in [0.5, 0.6) is 11.5 Å². The highest BCUT2D eigenvalue weighted by Gasteiger charge is 2.19. The zero-order valence-electron chi connectivity index (χ0n) is 10.9. The Bertz CT molecular complexity index is 844. The van der Waals surface area contributed by atoms with Crippen LogP contribution >= 0.6 is 11.6 Å². The molecule has 1 aliphatic rings. The van der Waals surface area contributed by atoms with Crippen LogP contribution in [0, 0.1) is 0 Å². The second kappa shape index (κ2) is 4.65. The normalized spacial score (nSPS) is 13.0. The zero-order valence-corrected chi connectivity index (χ0v) is 11.7. The van der Waals surface area contributed by atoms with Crippen LogP contribution < -0.4 is 9.47 Å². The molecule has 1 N–H and O–H groups in total. The molecule has 0 saturated heterocycles. The van der Waals surface area contributed by atoms with E-state index in [2.05, 4.69) is 4.98 Å². The van der Waals surface area contributed by atoms with Gasteiger partial charge < -0.3 is 14.6 Å². The lowest BCUT2D eigenvalue weighted by molar-refractivity contribution is 0.174. The fourth-order valence-electron chi connectivity index (χ4n) is 2.51. The van der Waals surface area contributed by atoms with Crippen molar-refractivity contribution in [2.45, 2.75) is 6.61 Å². The van der Waals surface area contributed by atoms with E-state index in [0.717, 1.165) is 5.56 Å². The molecule has 1 aromatic carbocycles. The van der Waals surface area contributed by atoms with Crippen LogP contribution in [-0.4, -0.2) is 21.3 Å². The van der Waals surface area contributed by atoms with Crippen molar-refractivity contribution < 1.29 is 14.6 Å². The summed E-state index contributed by atoms with van der Waals surface area (Å²) in [5.41, 5.74) is 2.84. The van der Waals surface area contributed by atoms with E-state index in [4.69, 9.17) is 21.1 Å². The number of fused-ring (bicyclic) bond motifs is 2. The van der Waals surface area contributed by atoms with Gasteiger partial charge in [0.1, 0.15) is 0 Å². The van der Waals surface area contributed by atoms with Gasteiger partial charge in [0.05, 0.1) is 23.0 Å². The van der Waals surface area contributed by atoms with Crippen LogP contribution in [0.4, 0.5) is 0 Å². The molecule has 2 aromatic heterocycles. The van der Waals surface area contributed by atoms with E-state index >= 15 is 0 Å². The molecule has 0 unspecified atom stereocenters. The highest BCUT2D eigenvalue weighted by atomic mass is 35.5. The number of rotatable bonds is 2. The number of imidazole rings is 1. The van der Waals surface area contributed by atoms with E-state index in [1.165, 1.54) is 0 Å². The number of halogens is 1. The summed E-state index contributed by atoms with van der Waals surface area (Å²) >= 11 is 6.17. The molecule has 3 aromatic rings. The van der Waals surface area contributed by atoms with Gasteiger partial charge in [0.25, 0.3) is 0 Å².